The highest BCUT2D eigenvalue weighted by Crippen LogP contribution is 2.28. The van der Waals surface area contributed by atoms with Crippen LogP contribution in [0.25, 0.3) is 0 Å². The lowest BCUT2D eigenvalue weighted by Crippen LogP contribution is -2.42. The van der Waals surface area contributed by atoms with Gasteiger partial charge in [0.1, 0.15) is 6.54 Å². The van der Waals surface area contributed by atoms with E-state index in [1.807, 2.05) is 58.0 Å². The van der Waals surface area contributed by atoms with Crippen LogP contribution in [-0.4, -0.2) is 20.9 Å². The van der Waals surface area contributed by atoms with E-state index in [0.717, 1.165) is 22.3 Å². The monoisotopic (exact) mass is 436 g/mol. The van der Waals surface area contributed by atoms with E-state index >= 15 is 0 Å². The highest BCUT2D eigenvalue weighted by molar-refractivity contribution is 7.92. The third kappa shape index (κ3) is 5.14. The molecule has 3 aromatic rings. The maximum absolute atomic E-state index is 13.5. The van der Waals surface area contributed by atoms with Gasteiger partial charge in [-0.05, 0) is 62.6 Å². The van der Waals surface area contributed by atoms with E-state index in [9.17, 15) is 13.2 Å². The molecule has 3 rings (SSSR count). The average Bonchev–Trinajstić information content (AvgIpc) is 2.75. The van der Waals surface area contributed by atoms with Crippen molar-refractivity contribution in [2.24, 2.45) is 0 Å². The van der Waals surface area contributed by atoms with Gasteiger partial charge in [0.15, 0.2) is 0 Å². The molecule has 1 N–H and O–H groups in total. The summed E-state index contributed by atoms with van der Waals surface area (Å²) in [5, 5.41) is 2.93. The predicted molar refractivity (Wildman–Crippen MR) is 125 cm³/mol. The Kier molecular flexibility index (Phi) is 6.81. The predicted octanol–water partition coefficient (Wildman–Crippen LogP) is 4.68. The number of amides is 1. The van der Waals surface area contributed by atoms with Gasteiger partial charge in [-0.2, -0.15) is 0 Å². The molecule has 0 heterocycles. The fraction of sp³-hybridized carbons (Fsp3) is 0.240. The van der Waals surface area contributed by atoms with Crippen molar-refractivity contribution in [3.63, 3.8) is 0 Å². The minimum absolute atomic E-state index is 0.148. The third-order valence-corrected chi connectivity index (χ3v) is 7.19. The van der Waals surface area contributed by atoms with Gasteiger partial charge >= 0.3 is 0 Å². The highest BCUT2D eigenvalue weighted by atomic mass is 32.2. The van der Waals surface area contributed by atoms with Crippen LogP contribution >= 0.6 is 0 Å². The molecule has 0 bridgehead atoms. The van der Waals surface area contributed by atoms with Gasteiger partial charge in [0.05, 0.1) is 16.6 Å². The molecule has 5 nitrogen and oxygen atoms in total. The Hall–Kier alpha value is -3.12. The molecule has 6 heteroatoms. The topological polar surface area (TPSA) is 66.5 Å². The third-order valence-electron chi connectivity index (χ3n) is 5.42. The van der Waals surface area contributed by atoms with Gasteiger partial charge < -0.3 is 5.32 Å². The standard InChI is InChI=1S/C25H28N2O3S/c1-18-13-15-22(16-14-18)21(4)26-25(28)17-27(24-12-8-9-19(2)20(24)3)31(29,30)23-10-6-5-7-11-23/h5-16,21H,17H2,1-4H3,(H,26,28)/t21-/m1/s1. The largest absolute Gasteiger partial charge is 0.348 e. The van der Waals surface area contributed by atoms with Gasteiger partial charge in [0.2, 0.25) is 5.91 Å². The summed E-state index contributed by atoms with van der Waals surface area (Å²) in [7, 11) is -3.92. The molecule has 0 unspecified atom stereocenters. The maximum Gasteiger partial charge on any atom is 0.264 e. The van der Waals surface area contributed by atoms with Crippen LogP contribution in [0, 0.1) is 20.8 Å². The van der Waals surface area contributed by atoms with Crippen molar-refractivity contribution < 1.29 is 13.2 Å². The summed E-state index contributed by atoms with van der Waals surface area (Å²) in [6, 6.07) is 21.3. The molecule has 162 valence electrons. The van der Waals surface area contributed by atoms with Crippen molar-refractivity contribution in [3.05, 3.63) is 95.1 Å². The Labute approximate surface area is 184 Å². The Balaban J connectivity index is 1.92. The van der Waals surface area contributed by atoms with Crippen molar-refractivity contribution in [2.45, 2.75) is 38.6 Å². The molecule has 0 spiro atoms. The molecule has 0 aliphatic carbocycles. The molecule has 0 aromatic heterocycles. The minimum atomic E-state index is -3.92. The molecule has 1 atom stereocenters. The Bertz CT molecular complexity index is 1160. The summed E-state index contributed by atoms with van der Waals surface area (Å²) in [4.78, 5) is 13.1. The number of nitrogens with one attached hydrogen (secondary N) is 1. The number of carbonyl (C=O) groups excluding carboxylic acids is 1. The lowest BCUT2D eigenvalue weighted by molar-refractivity contribution is -0.120. The van der Waals surface area contributed by atoms with Crippen molar-refractivity contribution in [2.75, 3.05) is 10.8 Å². The quantitative estimate of drug-likeness (QED) is 0.585. The summed E-state index contributed by atoms with van der Waals surface area (Å²) in [5.41, 5.74) is 4.38. The second kappa shape index (κ2) is 9.35. The van der Waals surface area contributed by atoms with E-state index in [4.69, 9.17) is 0 Å². The zero-order valence-electron chi connectivity index (χ0n) is 18.3. The summed E-state index contributed by atoms with van der Waals surface area (Å²) in [6.07, 6.45) is 0. The number of hydrogen-bond acceptors (Lipinski definition) is 3. The fourth-order valence-electron chi connectivity index (χ4n) is 3.38. The average molecular weight is 437 g/mol. The smallest absolute Gasteiger partial charge is 0.264 e. The van der Waals surface area contributed by atoms with E-state index in [-0.39, 0.29) is 23.4 Å². The number of benzene rings is 3. The zero-order chi connectivity index (χ0) is 22.6. The first-order chi connectivity index (χ1) is 14.7. The zero-order valence-corrected chi connectivity index (χ0v) is 19.1. The molecular formula is C25H28N2O3S. The van der Waals surface area contributed by atoms with Crippen LogP contribution in [-0.2, 0) is 14.8 Å². The Morgan fingerprint density at radius 1 is 0.903 bits per heavy atom. The summed E-state index contributed by atoms with van der Waals surface area (Å²) in [6.45, 7) is 7.37. The lowest BCUT2D eigenvalue weighted by atomic mass is 10.1. The number of carbonyl (C=O) groups is 1. The first-order valence-corrected chi connectivity index (χ1v) is 11.6. The van der Waals surface area contributed by atoms with Gasteiger partial charge in [-0.25, -0.2) is 8.42 Å². The van der Waals surface area contributed by atoms with Crippen molar-refractivity contribution in [1.82, 2.24) is 5.32 Å². The molecule has 0 aliphatic rings. The van der Waals surface area contributed by atoms with Crippen LogP contribution in [0.15, 0.2) is 77.7 Å². The number of aryl methyl sites for hydroxylation is 2. The molecule has 0 saturated carbocycles. The SMILES string of the molecule is Cc1ccc([C@@H](C)NC(=O)CN(c2cccc(C)c2C)S(=O)(=O)c2ccccc2)cc1. The van der Waals surface area contributed by atoms with Crippen LogP contribution in [0.1, 0.15) is 35.2 Å². The van der Waals surface area contributed by atoms with Crippen LogP contribution in [0.4, 0.5) is 5.69 Å². The first kappa shape index (κ1) is 22.6. The van der Waals surface area contributed by atoms with Crippen molar-refractivity contribution >= 4 is 21.6 Å². The molecule has 3 aromatic carbocycles. The van der Waals surface area contributed by atoms with Crippen molar-refractivity contribution in [1.29, 1.82) is 0 Å². The van der Waals surface area contributed by atoms with Crippen molar-refractivity contribution in [3.8, 4) is 0 Å². The van der Waals surface area contributed by atoms with Crippen LogP contribution < -0.4 is 9.62 Å². The molecule has 0 fully saturated rings. The highest BCUT2D eigenvalue weighted by Gasteiger charge is 2.28. The van der Waals surface area contributed by atoms with Gasteiger partial charge in [0.25, 0.3) is 10.0 Å². The Morgan fingerprint density at radius 3 is 2.19 bits per heavy atom. The van der Waals surface area contributed by atoms with Gasteiger partial charge in [-0.1, -0.05) is 60.2 Å². The van der Waals surface area contributed by atoms with Gasteiger partial charge in [0, 0.05) is 0 Å². The Morgan fingerprint density at radius 2 is 1.55 bits per heavy atom. The second-order valence-corrected chi connectivity index (χ2v) is 9.61. The maximum atomic E-state index is 13.5. The molecule has 31 heavy (non-hydrogen) atoms. The summed E-state index contributed by atoms with van der Waals surface area (Å²) < 4.78 is 28.1. The van der Waals surface area contributed by atoms with Crippen LogP contribution in [0.3, 0.4) is 0 Å². The molecule has 0 radical (unpaired) electrons. The lowest BCUT2D eigenvalue weighted by Gasteiger charge is -2.27. The first-order valence-electron chi connectivity index (χ1n) is 10.2. The van der Waals surface area contributed by atoms with Crippen LogP contribution in [0.2, 0.25) is 0 Å². The van der Waals surface area contributed by atoms with E-state index in [1.54, 1.807) is 42.5 Å². The van der Waals surface area contributed by atoms with E-state index in [1.165, 1.54) is 4.31 Å². The molecule has 1 amide bonds. The number of sulfonamides is 1. The molecule has 0 saturated heterocycles. The number of nitrogens with zero attached hydrogens (tertiary/aromatic N) is 1. The summed E-state index contributed by atoms with van der Waals surface area (Å²) >= 11 is 0. The van der Waals surface area contributed by atoms with E-state index < -0.39 is 10.0 Å². The molecule has 0 aliphatic heterocycles. The molecular weight excluding hydrogens is 408 g/mol. The summed E-state index contributed by atoms with van der Waals surface area (Å²) in [5.74, 6) is -0.367. The minimum Gasteiger partial charge on any atom is -0.348 e. The second-order valence-electron chi connectivity index (χ2n) is 7.74. The van der Waals surface area contributed by atoms with Gasteiger partial charge in [-0.3, -0.25) is 9.10 Å². The fourth-order valence-corrected chi connectivity index (χ4v) is 4.88. The number of rotatable bonds is 7. The number of anilines is 1. The van der Waals surface area contributed by atoms with E-state index in [0.29, 0.717) is 5.69 Å². The van der Waals surface area contributed by atoms with Gasteiger partial charge in [-0.15, -0.1) is 0 Å². The normalized spacial score (nSPS) is 12.3. The number of hydrogen-bond donors (Lipinski definition) is 1. The van der Waals surface area contributed by atoms with Crippen LogP contribution in [0.5, 0.6) is 0 Å². The van der Waals surface area contributed by atoms with E-state index in [2.05, 4.69) is 5.32 Å².